The molecule has 0 amide bonds. The first kappa shape index (κ1) is 11.0. The summed E-state index contributed by atoms with van der Waals surface area (Å²) in [5.41, 5.74) is 8.34. The van der Waals surface area contributed by atoms with Gasteiger partial charge in [-0.1, -0.05) is 11.6 Å². The number of benzene rings is 2. The summed E-state index contributed by atoms with van der Waals surface area (Å²) in [7, 11) is 0. The first-order chi connectivity index (χ1) is 8.63. The van der Waals surface area contributed by atoms with E-state index in [9.17, 15) is 4.39 Å². The van der Waals surface area contributed by atoms with E-state index in [1.807, 2.05) is 0 Å². The van der Waals surface area contributed by atoms with E-state index in [-0.39, 0.29) is 5.82 Å². The Morgan fingerprint density at radius 2 is 2.00 bits per heavy atom. The van der Waals surface area contributed by atoms with Crippen molar-refractivity contribution in [2.45, 2.75) is 0 Å². The molecule has 0 saturated heterocycles. The Morgan fingerprint density at radius 3 is 2.83 bits per heavy atom. The predicted molar refractivity (Wildman–Crippen MR) is 70.9 cm³/mol. The van der Waals surface area contributed by atoms with Crippen LogP contribution < -0.4 is 5.73 Å². The van der Waals surface area contributed by atoms with Gasteiger partial charge in [-0.15, -0.1) is 0 Å². The number of fused-ring (bicyclic) bond motifs is 1. The van der Waals surface area contributed by atoms with Gasteiger partial charge in [0.25, 0.3) is 0 Å². The number of imidazole rings is 1. The molecule has 3 nitrogen and oxygen atoms in total. The van der Waals surface area contributed by atoms with Crippen molar-refractivity contribution in [3.8, 4) is 11.4 Å². The van der Waals surface area contributed by atoms with Crippen molar-refractivity contribution in [3.63, 3.8) is 0 Å². The van der Waals surface area contributed by atoms with E-state index >= 15 is 0 Å². The first-order valence-electron chi connectivity index (χ1n) is 5.34. The fourth-order valence-corrected chi connectivity index (χ4v) is 2.04. The van der Waals surface area contributed by atoms with E-state index in [2.05, 4.69) is 9.97 Å². The van der Waals surface area contributed by atoms with Gasteiger partial charge in [-0.05, 0) is 36.4 Å². The molecular formula is C13H9ClFN3. The lowest BCUT2D eigenvalue weighted by Crippen LogP contribution is -1.87. The Balaban J connectivity index is 2.22. The van der Waals surface area contributed by atoms with Crippen molar-refractivity contribution >= 4 is 28.3 Å². The van der Waals surface area contributed by atoms with E-state index in [1.165, 1.54) is 12.1 Å². The molecule has 0 atom stereocenters. The molecule has 0 aliphatic heterocycles. The van der Waals surface area contributed by atoms with Gasteiger partial charge >= 0.3 is 0 Å². The summed E-state index contributed by atoms with van der Waals surface area (Å²) in [6, 6.07) is 9.54. The Kier molecular flexibility index (Phi) is 2.45. The number of H-pyrrole nitrogens is 1. The van der Waals surface area contributed by atoms with Crippen LogP contribution in [0.1, 0.15) is 0 Å². The molecule has 1 heterocycles. The summed E-state index contributed by atoms with van der Waals surface area (Å²) < 4.78 is 13.1. The zero-order chi connectivity index (χ0) is 12.7. The van der Waals surface area contributed by atoms with Gasteiger partial charge in [0.2, 0.25) is 0 Å². The van der Waals surface area contributed by atoms with Gasteiger partial charge in [0.15, 0.2) is 0 Å². The molecule has 0 bridgehead atoms. The van der Waals surface area contributed by atoms with Crippen LogP contribution in [0.4, 0.5) is 10.1 Å². The molecule has 0 aliphatic rings. The van der Waals surface area contributed by atoms with Crippen molar-refractivity contribution in [2.24, 2.45) is 0 Å². The monoisotopic (exact) mass is 261 g/mol. The van der Waals surface area contributed by atoms with Crippen LogP contribution in [0.2, 0.25) is 5.02 Å². The summed E-state index contributed by atoms with van der Waals surface area (Å²) in [5, 5.41) is 0.545. The summed E-state index contributed by atoms with van der Waals surface area (Å²) in [6.45, 7) is 0. The summed E-state index contributed by atoms with van der Waals surface area (Å²) in [6.07, 6.45) is 0. The van der Waals surface area contributed by atoms with Crippen LogP contribution in [0.3, 0.4) is 0 Å². The molecule has 18 heavy (non-hydrogen) atoms. The number of nitrogens with one attached hydrogen (secondary N) is 1. The highest BCUT2D eigenvalue weighted by Gasteiger charge is 2.09. The van der Waals surface area contributed by atoms with Crippen LogP contribution in [0.25, 0.3) is 22.4 Å². The molecule has 0 saturated carbocycles. The highest BCUT2D eigenvalue weighted by Crippen LogP contribution is 2.29. The number of nitrogen functional groups attached to an aromatic ring is 1. The predicted octanol–water partition coefficient (Wildman–Crippen LogP) is 3.60. The normalized spacial score (nSPS) is 11.0. The van der Waals surface area contributed by atoms with Gasteiger partial charge in [-0.2, -0.15) is 0 Å². The number of hydrogen-bond donors (Lipinski definition) is 2. The molecule has 0 radical (unpaired) electrons. The standard InChI is InChI=1S/C13H9ClFN3/c14-10-3-2-8(16)6-9(10)13-17-11-4-1-7(15)5-12(11)18-13/h1-6H,16H2,(H,17,18). The molecule has 2 aromatic carbocycles. The van der Waals surface area contributed by atoms with Crippen LogP contribution >= 0.6 is 11.6 Å². The smallest absolute Gasteiger partial charge is 0.140 e. The molecular weight excluding hydrogens is 253 g/mol. The van der Waals surface area contributed by atoms with Crippen molar-refractivity contribution in [3.05, 3.63) is 47.2 Å². The molecule has 3 aromatic rings. The number of nitrogens with zero attached hydrogens (tertiary/aromatic N) is 1. The van der Waals surface area contributed by atoms with Crippen molar-refractivity contribution in [1.29, 1.82) is 0 Å². The van der Waals surface area contributed by atoms with Crippen molar-refractivity contribution in [2.75, 3.05) is 5.73 Å². The Morgan fingerprint density at radius 1 is 1.17 bits per heavy atom. The number of halogens is 2. The zero-order valence-corrected chi connectivity index (χ0v) is 10.0. The first-order valence-corrected chi connectivity index (χ1v) is 5.72. The third kappa shape index (κ3) is 1.80. The molecule has 0 spiro atoms. The summed E-state index contributed by atoms with van der Waals surface area (Å²) >= 11 is 6.10. The fraction of sp³-hybridized carbons (Fsp3) is 0. The van der Waals surface area contributed by atoms with Gasteiger partial charge in [-0.3, -0.25) is 0 Å². The van der Waals surface area contributed by atoms with Gasteiger partial charge < -0.3 is 10.7 Å². The second-order valence-corrected chi connectivity index (χ2v) is 4.39. The second-order valence-electron chi connectivity index (χ2n) is 3.99. The molecule has 0 unspecified atom stereocenters. The maximum absolute atomic E-state index is 13.1. The third-order valence-corrected chi connectivity index (χ3v) is 3.02. The Hall–Kier alpha value is -2.07. The highest BCUT2D eigenvalue weighted by atomic mass is 35.5. The van der Waals surface area contributed by atoms with E-state index in [4.69, 9.17) is 17.3 Å². The summed E-state index contributed by atoms with van der Waals surface area (Å²) in [5.74, 6) is 0.268. The summed E-state index contributed by atoms with van der Waals surface area (Å²) in [4.78, 5) is 7.39. The number of hydrogen-bond acceptors (Lipinski definition) is 2. The number of nitrogens with two attached hydrogens (primary N) is 1. The Labute approximate surface area is 107 Å². The van der Waals surface area contributed by atoms with Crippen molar-refractivity contribution in [1.82, 2.24) is 9.97 Å². The topological polar surface area (TPSA) is 54.7 Å². The van der Waals surface area contributed by atoms with E-state index in [0.717, 1.165) is 0 Å². The quantitative estimate of drug-likeness (QED) is 0.658. The highest BCUT2D eigenvalue weighted by molar-refractivity contribution is 6.33. The molecule has 3 rings (SSSR count). The molecule has 3 N–H and O–H groups in total. The Bertz CT molecular complexity index is 736. The van der Waals surface area contributed by atoms with Crippen LogP contribution in [0.5, 0.6) is 0 Å². The minimum absolute atomic E-state index is 0.309. The SMILES string of the molecule is Nc1ccc(Cl)c(-c2nc3ccc(F)cc3[nH]2)c1. The van der Waals surface area contributed by atoms with Gasteiger partial charge in [0, 0.05) is 11.3 Å². The molecule has 1 aromatic heterocycles. The van der Waals surface area contributed by atoms with E-state index in [1.54, 1.807) is 24.3 Å². The fourth-order valence-electron chi connectivity index (χ4n) is 1.83. The third-order valence-electron chi connectivity index (χ3n) is 2.69. The second kappa shape index (κ2) is 3.99. The van der Waals surface area contributed by atoms with Crippen LogP contribution in [-0.2, 0) is 0 Å². The minimum atomic E-state index is -0.309. The largest absolute Gasteiger partial charge is 0.399 e. The van der Waals surface area contributed by atoms with Crippen LogP contribution in [0.15, 0.2) is 36.4 Å². The lowest BCUT2D eigenvalue weighted by atomic mass is 10.2. The van der Waals surface area contributed by atoms with E-state index in [0.29, 0.717) is 33.1 Å². The number of aromatic amines is 1. The van der Waals surface area contributed by atoms with Crippen LogP contribution in [-0.4, -0.2) is 9.97 Å². The average molecular weight is 262 g/mol. The number of anilines is 1. The van der Waals surface area contributed by atoms with E-state index < -0.39 is 0 Å². The van der Waals surface area contributed by atoms with Gasteiger partial charge in [-0.25, -0.2) is 9.37 Å². The molecule has 90 valence electrons. The average Bonchev–Trinajstić information content (AvgIpc) is 2.74. The number of aromatic nitrogens is 2. The lowest BCUT2D eigenvalue weighted by molar-refractivity contribution is 0.629. The molecule has 0 fully saturated rings. The van der Waals surface area contributed by atoms with Gasteiger partial charge in [0.05, 0.1) is 16.1 Å². The maximum Gasteiger partial charge on any atom is 0.140 e. The zero-order valence-electron chi connectivity index (χ0n) is 9.24. The number of rotatable bonds is 1. The van der Waals surface area contributed by atoms with Crippen LogP contribution in [0, 0.1) is 5.82 Å². The lowest BCUT2D eigenvalue weighted by Gasteiger charge is -2.01. The van der Waals surface area contributed by atoms with Crippen molar-refractivity contribution < 1.29 is 4.39 Å². The molecule has 5 heteroatoms. The maximum atomic E-state index is 13.1. The van der Waals surface area contributed by atoms with Gasteiger partial charge in [0.1, 0.15) is 11.6 Å². The minimum Gasteiger partial charge on any atom is -0.399 e. The molecule has 0 aliphatic carbocycles.